The van der Waals surface area contributed by atoms with Gasteiger partial charge in [-0.2, -0.15) is 5.10 Å². The van der Waals surface area contributed by atoms with Crippen molar-refractivity contribution in [1.82, 2.24) is 10.2 Å². The highest BCUT2D eigenvalue weighted by atomic mass is 79.9. The first-order valence-electron chi connectivity index (χ1n) is 5.17. The number of methoxy groups -OCH3 is 1. The van der Waals surface area contributed by atoms with Gasteiger partial charge >= 0.3 is 0 Å². The molecule has 8 heteroatoms. The van der Waals surface area contributed by atoms with Crippen LogP contribution in [0, 0.1) is 0 Å². The molecule has 1 heterocycles. The Morgan fingerprint density at radius 2 is 2.11 bits per heavy atom. The van der Waals surface area contributed by atoms with Crippen molar-refractivity contribution in [2.45, 2.75) is 4.90 Å². The molecule has 0 fully saturated rings. The largest absolute Gasteiger partial charge is 0.495 e. The van der Waals surface area contributed by atoms with Gasteiger partial charge in [-0.1, -0.05) is 15.9 Å². The Hall–Kier alpha value is -1.67. The third-order valence-electron chi connectivity index (χ3n) is 2.23. The number of anilines is 1. The Kier molecular flexibility index (Phi) is 4.01. The van der Waals surface area contributed by atoms with Gasteiger partial charge in [0.25, 0.3) is 10.0 Å². The lowest BCUT2D eigenvalue weighted by Gasteiger charge is -2.10. The predicted molar refractivity (Wildman–Crippen MR) is 73.5 cm³/mol. The van der Waals surface area contributed by atoms with Crippen LogP contribution < -0.4 is 9.46 Å². The number of hydrogen-bond acceptors (Lipinski definition) is 5. The highest BCUT2D eigenvalue weighted by Gasteiger charge is 2.20. The minimum absolute atomic E-state index is 0.0232. The normalized spacial score (nSPS) is 11.1. The van der Waals surface area contributed by atoms with Crippen LogP contribution in [-0.4, -0.2) is 25.7 Å². The first kappa shape index (κ1) is 13.8. The number of nitrogens with zero attached hydrogens (tertiary/aromatic N) is 2. The molecule has 0 saturated carbocycles. The van der Waals surface area contributed by atoms with Crippen molar-refractivity contribution in [1.29, 1.82) is 0 Å². The molecule has 1 aromatic carbocycles. The maximum Gasteiger partial charge on any atom is 0.266 e. The molecule has 2 aromatic rings. The van der Waals surface area contributed by atoms with Crippen molar-refractivity contribution in [2.75, 3.05) is 11.8 Å². The van der Waals surface area contributed by atoms with Crippen molar-refractivity contribution in [3.05, 3.63) is 41.0 Å². The molecular weight excluding hydrogens is 334 g/mol. The van der Waals surface area contributed by atoms with E-state index in [1.807, 2.05) is 0 Å². The lowest BCUT2D eigenvalue weighted by atomic mass is 10.3. The van der Waals surface area contributed by atoms with Gasteiger partial charge < -0.3 is 4.74 Å². The van der Waals surface area contributed by atoms with E-state index in [0.717, 1.165) is 0 Å². The Balaban J connectivity index is 2.42. The Bertz CT molecular complexity index is 677. The monoisotopic (exact) mass is 343 g/mol. The Morgan fingerprint density at radius 1 is 1.32 bits per heavy atom. The maximum absolute atomic E-state index is 12.3. The molecule has 0 saturated heterocycles. The molecule has 100 valence electrons. The zero-order valence-corrected chi connectivity index (χ0v) is 12.3. The van der Waals surface area contributed by atoms with Gasteiger partial charge in [-0.05, 0) is 30.3 Å². The summed E-state index contributed by atoms with van der Waals surface area (Å²) in [5.74, 6) is 0.393. The zero-order valence-electron chi connectivity index (χ0n) is 9.87. The van der Waals surface area contributed by atoms with E-state index in [0.29, 0.717) is 4.47 Å². The van der Waals surface area contributed by atoms with Gasteiger partial charge in [0.2, 0.25) is 0 Å². The number of sulfonamides is 1. The third-order valence-corrected chi connectivity index (χ3v) is 4.10. The van der Waals surface area contributed by atoms with Crippen molar-refractivity contribution in [2.24, 2.45) is 0 Å². The smallest absolute Gasteiger partial charge is 0.266 e. The topological polar surface area (TPSA) is 81.2 Å². The molecule has 0 spiro atoms. The number of nitrogens with one attached hydrogen (secondary N) is 1. The summed E-state index contributed by atoms with van der Waals surface area (Å²) in [5.41, 5.74) is 0. The van der Waals surface area contributed by atoms with Crippen molar-refractivity contribution < 1.29 is 13.2 Å². The molecule has 1 aromatic heterocycles. The maximum atomic E-state index is 12.3. The van der Waals surface area contributed by atoms with Crippen LogP contribution in [0.3, 0.4) is 0 Å². The van der Waals surface area contributed by atoms with Gasteiger partial charge in [-0.25, -0.2) is 8.42 Å². The molecule has 0 amide bonds. The first-order chi connectivity index (χ1) is 9.03. The van der Waals surface area contributed by atoms with Crippen LogP contribution >= 0.6 is 15.9 Å². The van der Waals surface area contributed by atoms with Gasteiger partial charge in [0.1, 0.15) is 10.6 Å². The van der Waals surface area contributed by atoms with Crippen molar-refractivity contribution >= 4 is 31.8 Å². The molecule has 0 bridgehead atoms. The van der Waals surface area contributed by atoms with Crippen molar-refractivity contribution in [3.63, 3.8) is 0 Å². The highest BCUT2D eigenvalue weighted by Crippen LogP contribution is 2.28. The molecule has 0 aliphatic carbocycles. The number of benzene rings is 1. The molecule has 0 aliphatic rings. The van der Waals surface area contributed by atoms with Crippen LogP contribution in [0.4, 0.5) is 5.82 Å². The summed E-state index contributed by atoms with van der Waals surface area (Å²) in [7, 11) is -2.38. The summed E-state index contributed by atoms with van der Waals surface area (Å²) in [6, 6.07) is 7.81. The molecule has 0 radical (unpaired) electrons. The van der Waals surface area contributed by atoms with Gasteiger partial charge in [-0.15, -0.1) is 5.10 Å². The molecule has 1 N–H and O–H groups in total. The Labute approximate surface area is 119 Å². The van der Waals surface area contributed by atoms with Gasteiger partial charge in [0, 0.05) is 10.7 Å². The van der Waals surface area contributed by atoms with E-state index in [2.05, 4.69) is 30.8 Å². The SMILES string of the molecule is COc1ccc(Br)cc1S(=O)(=O)Nc1cccnn1. The average molecular weight is 344 g/mol. The average Bonchev–Trinajstić information content (AvgIpc) is 2.39. The Morgan fingerprint density at radius 3 is 2.74 bits per heavy atom. The van der Waals surface area contributed by atoms with Crippen LogP contribution in [0.25, 0.3) is 0 Å². The fraction of sp³-hybridized carbons (Fsp3) is 0.0909. The number of rotatable bonds is 4. The fourth-order valence-corrected chi connectivity index (χ4v) is 3.11. The minimum atomic E-state index is -3.79. The predicted octanol–water partition coefficient (Wildman–Crippen LogP) is 2.05. The standard InChI is InChI=1S/C11H10BrN3O3S/c1-18-9-5-4-8(12)7-10(9)19(16,17)15-11-3-2-6-13-14-11/h2-7H,1H3,(H,14,15). The van der Waals surface area contributed by atoms with E-state index in [-0.39, 0.29) is 16.5 Å². The summed E-state index contributed by atoms with van der Waals surface area (Å²) in [6.07, 6.45) is 1.46. The highest BCUT2D eigenvalue weighted by molar-refractivity contribution is 9.10. The number of hydrogen-bond donors (Lipinski definition) is 1. The molecule has 2 rings (SSSR count). The van der Waals surface area contributed by atoms with E-state index >= 15 is 0 Å². The quantitative estimate of drug-likeness (QED) is 0.918. The van der Waals surface area contributed by atoms with E-state index in [4.69, 9.17) is 4.74 Å². The second kappa shape index (κ2) is 5.54. The fourth-order valence-electron chi connectivity index (χ4n) is 1.41. The second-order valence-corrected chi connectivity index (χ2v) is 6.08. The van der Waals surface area contributed by atoms with Crippen LogP contribution in [-0.2, 0) is 10.0 Å². The van der Waals surface area contributed by atoms with Crippen LogP contribution in [0.1, 0.15) is 0 Å². The lowest BCUT2D eigenvalue weighted by molar-refractivity contribution is 0.403. The van der Waals surface area contributed by atoms with Crippen LogP contribution in [0.15, 0.2) is 45.9 Å². The molecule has 19 heavy (non-hydrogen) atoms. The molecule has 0 aliphatic heterocycles. The number of aromatic nitrogens is 2. The second-order valence-electron chi connectivity index (χ2n) is 3.51. The van der Waals surface area contributed by atoms with Crippen LogP contribution in [0.5, 0.6) is 5.75 Å². The van der Waals surface area contributed by atoms with E-state index in [9.17, 15) is 8.42 Å². The minimum Gasteiger partial charge on any atom is -0.495 e. The third kappa shape index (κ3) is 3.21. The number of ether oxygens (including phenoxy) is 1. The number of halogens is 1. The van der Waals surface area contributed by atoms with Crippen molar-refractivity contribution in [3.8, 4) is 5.75 Å². The molecule has 6 nitrogen and oxygen atoms in total. The van der Waals surface area contributed by atoms with Gasteiger partial charge in [0.15, 0.2) is 5.82 Å². The van der Waals surface area contributed by atoms with E-state index < -0.39 is 10.0 Å². The summed E-state index contributed by atoms with van der Waals surface area (Å²) in [4.78, 5) is 0.0232. The molecular formula is C11H10BrN3O3S. The van der Waals surface area contributed by atoms with E-state index in [1.165, 1.54) is 25.4 Å². The summed E-state index contributed by atoms with van der Waals surface area (Å²) < 4.78 is 32.5. The molecule has 0 unspecified atom stereocenters. The summed E-state index contributed by atoms with van der Waals surface area (Å²) in [5, 5.41) is 7.28. The molecule has 0 atom stereocenters. The van der Waals surface area contributed by atoms with Gasteiger partial charge in [-0.3, -0.25) is 4.72 Å². The summed E-state index contributed by atoms with van der Waals surface area (Å²) >= 11 is 3.23. The lowest BCUT2D eigenvalue weighted by Crippen LogP contribution is -2.15. The van der Waals surface area contributed by atoms with Gasteiger partial charge in [0.05, 0.1) is 7.11 Å². The van der Waals surface area contributed by atoms with Crippen LogP contribution in [0.2, 0.25) is 0 Å². The first-order valence-corrected chi connectivity index (χ1v) is 7.44. The summed E-state index contributed by atoms with van der Waals surface area (Å²) in [6.45, 7) is 0. The van der Waals surface area contributed by atoms with E-state index in [1.54, 1.807) is 18.2 Å². The zero-order chi connectivity index (χ0) is 13.9.